The Kier molecular flexibility index (Phi) is 5.93. The molecule has 0 aromatic heterocycles. The highest BCUT2D eigenvalue weighted by Crippen LogP contribution is 2.27. The standard InChI is InChI=1S/C20H22BrN3O2/c1-23(16-7-3-2-4-8-16)13-11-22-19(25)18-10-12-24(20(18)26)17-9-5-6-15(21)14-17/h2-9,14,18H,10-13H2,1H3,(H,22,25). The van der Waals surface area contributed by atoms with Gasteiger partial charge in [-0.25, -0.2) is 0 Å². The third-order valence-corrected chi connectivity index (χ3v) is 5.08. The molecule has 0 saturated carbocycles. The van der Waals surface area contributed by atoms with Crippen LogP contribution < -0.4 is 15.1 Å². The Morgan fingerprint density at radius 2 is 2.00 bits per heavy atom. The van der Waals surface area contributed by atoms with E-state index in [1.54, 1.807) is 4.90 Å². The van der Waals surface area contributed by atoms with Gasteiger partial charge in [0, 0.05) is 42.5 Å². The van der Waals surface area contributed by atoms with E-state index in [-0.39, 0.29) is 11.8 Å². The third-order valence-electron chi connectivity index (χ3n) is 4.59. The fourth-order valence-corrected chi connectivity index (χ4v) is 3.49. The number of carbonyl (C=O) groups is 2. The molecule has 2 aromatic carbocycles. The molecule has 0 spiro atoms. The lowest BCUT2D eigenvalue weighted by molar-refractivity contribution is -0.132. The van der Waals surface area contributed by atoms with Crippen molar-refractivity contribution in [1.82, 2.24) is 5.32 Å². The molecule has 1 saturated heterocycles. The summed E-state index contributed by atoms with van der Waals surface area (Å²) in [6.45, 7) is 1.76. The summed E-state index contributed by atoms with van der Waals surface area (Å²) in [5.41, 5.74) is 1.92. The number of benzene rings is 2. The monoisotopic (exact) mass is 415 g/mol. The third kappa shape index (κ3) is 4.25. The van der Waals surface area contributed by atoms with Gasteiger partial charge in [-0.05, 0) is 36.8 Å². The molecule has 136 valence electrons. The Hall–Kier alpha value is -2.34. The molecular formula is C20H22BrN3O2. The van der Waals surface area contributed by atoms with Crippen molar-refractivity contribution in [2.24, 2.45) is 5.92 Å². The van der Waals surface area contributed by atoms with E-state index in [0.717, 1.165) is 15.8 Å². The maximum atomic E-state index is 12.6. The van der Waals surface area contributed by atoms with Gasteiger partial charge >= 0.3 is 0 Å². The molecule has 6 heteroatoms. The molecule has 1 N–H and O–H groups in total. The zero-order chi connectivity index (χ0) is 18.5. The number of rotatable bonds is 6. The van der Waals surface area contributed by atoms with E-state index >= 15 is 0 Å². The smallest absolute Gasteiger partial charge is 0.239 e. The van der Waals surface area contributed by atoms with Crippen molar-refractivity contribution in [3.05, 3.63) is 59.1 Å². The van der Waals surface area contributed by atoms with Crippen LogP contribution in [0, 0.1) is 5.92 Å². The first-order valence-electron chi connectivity index (χ1n) is 8.67. The molecule has 5 nitrogen and oxygen atoms in total. The zero-order valence-electron chi connectivity index (χ0n) is 14.7. The number of hydrogen-bond donors (Lipinski definition) is 1. The Bertz CT molecular complexity index is 782. The second-order valence-electron chi connectivity index (χ2n) is 6.36. The van der Waals surface area contributed by atoms with Crippen LogP contribution in [0.15, 0.2) is 59.1 Å². The van der Waals surface area contributed by atoms with E-state index in [2.05, 4.69) is 26.1 Å². The molecule has 0 aliphatic carbocycles. The lowest BCUT2D eigenvalue weighted by Gasteiger charge is -2.20. The van der Waals surface area contributed by atoms with Crippen LogP contribution >= 0.6 is 15.9 Å². The maximum absolute atomic E-state index is 12.6. The summed E-state index contributed by atoms with van der Waals surface area (Å²) < 4.78 is 0.916. The minimum atomic E-state index is -0.601. The molecule has 1 aliphatic rings. The number of amides is 2. The molecule has 1 unspecified atom stereocenters. The second kappa shape index (κ2) is 8.36. The predicted octanol–water partition coefficient (Wildman–Crippen LogP) is 3.05. The molecule has 1 heterocycles. The van der Waals surface area contributed by atoms with Crippen molar-refractivity contribution in [3.63, 3.8) is 0 Å². The second-order valence-corrected chi connectivity index (χ2v) is 7.27. The summed E-state index contributed by atoms with van der Waals surface area (Å²) in [5, 5.41) is 2.90. The van der Waals surface area contributed by atoms with Gasteiger partial charge in [-0.3, -0.25) is 9.59 Å². The molecule has 1 atom stereocenters. The highest BCUT2D eigenvalue weighted by molar-refractivity contribution is 9.10. The van der Waals surface area contributed by atoms with Crippen LogP contribution in [0.4, 0.5) is 11.4 Å². The fourth-order valence-electron chi connectivity index (χ4n) is 3.11. The largest absolute Gasteiger partial charge is 0.373 e. The number of nitrogens with one attached hydrogen (secondary N) is 1. The van der Waals surface area contributed by atoms with Crippen molar-refractivity contribution in [2.45, 2.75) is 6.42 Å². The van der Waals surface area contributed by atoms with Crippen LogP contribution in [0.3, 0.4) is 0 Å². The topological polar surface area (TPSA) is 52.7 Å². The highest BCUT2D eigenvalue weighted by Gasteiger charge is 2.37. The molecular weight excluding hydrogens is 394 g/mol. The van der Waals surface area contributed by atoms with Crippen molar-refractivity contribution < 1.29 is 9.59 Å². The van der Waals surface area contributed by atoms with E-state index in [1.165, 1.54) is 0 Å². The fraction of sp³-hybridized carbons (Fsp3) is 0.300. The molecule has 1 aliphatic heterocycles. The van der Waals surface area contributed by atoms with Crippen molar-refractivity contribution in [2.75, 3.05) is 36.5 Å². The van der Waals surface area contributed by atoms with Crippen LogP contribution in [0.5, 0.6) is 0 Å². The van der Waals surface area contributed by atoms with Crippen LogP contribution in [-0.4, -0.2) is 38.5 Å². The van der Waals surface area contributed by atoms with Gasteiger partial charge in [0.1, 0.15) is 5.92 Å². The quantitative estimate of drug-likeness (QED) is 0.737. The Balaban J connectivity index is 1.52. The van der Waals surface area contributed by atoms with Gasteiger partial charge in [0.25, 0.3) is 0 Å². The summed E-state index contributed by atoms with van der Waals surface area (Å²) in [7, 11) is 1.98. The summed E-state index contributed by atoms with van der Waals surface area (Å²) in [4.78, 5) is 28.8. The molecule has 1 fully saturated rings. The zero-order valence-corrected chi connectivity index (χ0v) is 16.3. The molecule has 0 radical (unpaired) electrons. The first kappa shape index (κ1) is 18.5. The SMILES string of the molecule is CN(CCNC(=O)C1CCN(c2cccc(Br)c2)C1=O)c1ccccc1. The Morgan fingerprint density at radius 1 is 1.23 bits per heavy atom. The van der Waals surface area contributed by atoms with Crippen LogP contribution in [0.25, 0.3) is 0 Å². The number of carbonyl (C=O) groups excluding carboxylic acids is 2. The van der Waals surface area contributed by atoms with Crippen molar-refractivity contribution in [3.8, 4) is 0 Å². The van der Waals surface area contributed by atoms with E-state index in [4.69, 9.17) is 0 Å². The lowest BCUT2D eigenvalue weighted by Crippen LogP contribution is -2.40. The average molecular weight is 416 g/mol. The van der Waals surface area contributed by atoms with Gasteiger partial charge in [0.2, 0.25) is 11.8 Å². The number of para-hydroxylation sites is 1. The Morgan fingerprint density at radius 3 is 2.73 bits per heavy atom. The van der Waals surface area contributed by atoms with Crippen LogP contribution in [-0.2, 0) is 9.59 Å². The van der Waals surface area contributed by atoms with Crippen molar-refractivity contribution in [1.29, 1.82) is 0 Å². The normalized spacial score (nSPS) is 16.6. The first-order valence-corrected chi connectivity index (χ1v) is 9.46. The van der Waals surface area contributed by atoms with Crippen LogP contribution in [0.2, 0.25) is 0 Å². The van der Waals surface area contributed by atoms with Gasteiger partial charge in [0.05, 0.1) is 0 Å². The number of anilines is 2. The van der Waals surface area contributed by atoms with Gasteiger partial charge in [0.15, 0.2) is 0 Å². The molecule has 2 aromatic rings. The van der Waals surface area contributed by atoms with Gasteiger partial charge in [-0.15, -0.1) is 0 Å². The lowest BCUT2D eigenvalue weighted by atomic mass is 10.1. The molecule has 3 rings (SSSR count). The average Bonchev–Trinajstić information content (AvgIpc) is 3.04. The van der Waals surface area contributed by atoms with E-state index in [9.17, 15) is 9.59 Å². The minimum Gasteiger partial charge on any atom is -0.373 e. The Labute approximate surface area is 162 Å². The van der Waals surface area contributed by atoms with E-state index < -0.39 is 5.92 Å². The summed E-state index contributed by atoms with van der Waals surface area (Å²) in [6.07, 6.45) is 0.547. The highest BCUT2D eigenvalue weighted by atomic mass is 79.9. The van der Waals surface area contributed by atoms with E-state index in [0.29, 0.717) is 26.1 Å². The van der Waals surface area contributed by atoms with Crippen LogP contribution in [0.1, 0.15) is 6.42 Å². The molecule has 26 heavy (non-hydrogen) atoms. The number of halogens is 1. The van der Waals surface area contributed by atoms with Gasteiger partial charge < -0.3 is 15.1 Å². The summed E-state index contributed by atoms with van der Waals surface area (Å²) in [5.74, 6) is -0.915. The van der Waals surface area contributed by atoms with E-state index in [1.807, 2.05) is 61.6 Å². The number of hydrogen-bond acceptors (Lipinski definition) is 3. The first-order chi connectivity index (χ1) is 12.6. The summed E-state index contributed by atoms with van der Waals surface area (Å²) >= 11 is 3.42. The number of likely N-dealkylation sites (N-methyl/N-ethyl adjacent to an activating group) is 1. The minimum absolute atomic E-state index is 0.128. The van der Waals surface area contributed by atoms with Crippen molar-refractivity contribution >= 4 is 39.1 Å². The van der Waals surface area contributed by atoms with Gasteiger partial charge in [-0.1, -0.05) is 40.2 Å². The summed E-state index contributed by atoms with van der Waals surface area (Å²) in [6, 6.07) is 17.6. The maximum Gasteiger partial charge on any atom is 0.239 e. The van der Waals surface area contributed by atoms with Gasteiger partial charge in [-0.2, -0.15) is 0 Å². The molecule has 0 bridgehead atoms. The number of nitrogens with zero attached hydrogens (tertiary/aromatic N) is 2. The molecule has 2 amide bonds. The predicted molar refractivity (Wildman–Crippen MR) is 107 cm³/mol.